The van der Waals surface area contributed by atoms with Crippen molar-refractivity contribution in [1.29, 1.82) is 0 Å². The summed E-state index contributed by atoms with van der Waals surface area (Å²) in [5.74, 6) is 5.54. The molecule has 238 valence electrons. The molecule has 0 aliphatic heterocycles. The van der Waals surface area contributed by atoms with Crippen LogP contribution in [-0.4, -0.2) is 63.5 Å². The van der Waals surface area contributed by atoms with E-state index in [0.29, 0.717) is 58.4 Å². The van der Waals surface area contributed by atoms with Crippen molar-refractivity contribution in [1.82, 2.24) is 0 Å². The lowest BCUT2D eigenvalue weighted by Gasteiger charge is -2.27. The zero-order chi connectivity index (χ0) is 32.2. The van der Waals surface area contributed by atoms with E-state index in [1.165, 1.54) is 0 Å². The lowest BCUT2D eigenvalue weighted by molar-refractivity contribution is 0.338. The monoisotopic (exact) mass is 608 g/mol. The molecule has 0 radical (unpaired) electrons. The first-order chi connectivity index (χ1) is 21.3. The zero-order valence-corrected chi connectivity index (χ0v) is 27.3. The van der Waals surface area contributed by atoms with E-state index in [9.17, 15) is 0 Å². The molecule has 3 rings (SSSR count). The number of benzene rings is 3. The molecule has 0 amide bonds. The quantitative estimate of drug-likeness (QED) is 0.157. The molecule has 0 fully saturated rings. The minimum absolute atomic E-state index is 0.0124. The van der Waals surface area contributed by atoms with Crippen LogP contribution in [0.1, 0.15) is 30.9 Å². The highest BCUT2D eigenvalue weighted by Crippen LogP contribution is 2.45. The van der Waals surface area contributed by atoms with E-state index >= 15 is 0 Å². The van der Waals surface area contributed by atoms with Crippen LogP contribution >= 0.6 is 0 Å². The average Bonchev–Trinajstić information content (AvgIpc) is 3.05. The van der Waals surface area contributed by atoms with Crippen LogP contribution in [0.2, 0.25) is 0 Å². The van der Waals surface area contributed by atoms with Gasteiger partial charge in [0.1, 0.15) is 23.9 Å². The maximum absolute atomic E-state index is 5.99. The van der Waals surface area contributed by atoms with Gasteiger partial charge in [-0.3, -0.25) is 0 Å². The fourth-order valence-corrected chi connectivity index (χ4v) is 5.17. The lowest BCUT2D eigenvalue weighted by atomic mass is 9.80. The molecule has 0 N–H and O–H groups in total. The highest BCUT2D eigenvalue weighted by molar-refractivity contribution is 5.67. The van der Waals surface area contributed by atoms with Gasteiger partial charge in [-0.25, -0.2) is 0 Å². The highest BCUT2D eigenvalue weighted by atomic mass is 16.5. The van der Waals surface area contributed by atoms with Gasteiger partial charge in [-0.15, -0.1) is 0 Å². The summed E-state index contributed by atoms with van der Waals surface area (Å²) in [5.41, 5.74) is 2.84. The van der Waals surface area contributed by atoms with E-state index in [2.05, 4.69) is 26.0 Å². The van der Waals surface area contributed by atoms with E-state index in [4.69, 9.17) is 42.6 Å². The fraction of sp³-hybridized carbons (Fsp3) is 0.371. The first-order valence-corrected chi connectivity index (χ1v) is 14.1. The average molecular weight is 609 g/mol. The predicted molar refractivity (Wildman–Crippen MR) is 172 cm³/mol. The minimum Gasteiger partial charge on any atom is -0.496 e. The Morgan fingerprint density at radius 1 is 0.591 bits per heavy atom. The normalized spacial score (nSPS) is 12.7. The Morgan fingerprint density at radius 2 is 1.09 bits per heavy atom. The van der Waals surface area contributed by atoms with E-state index in [0.717, 1.165) is 16.7 Å². The Labute approximate surface area is 260 Å². The Balaban J connectivity index is 2.04. The molecule has 0 aromatic heterocycles. The van der Waals surface area contributed by atoms with Gasteiger partial charge in [0.25, 0.3) is 0 Å². The standard InChI is InChI=1S/C35H44O9/c1-22(12-11-15-44-25-13-14-27(36-3)31(18-25)40-7)35(26-19-32(41-8)34(43-10)21-29(26)38-5)23(2)16-24-17-30(39-6)33(42-9)20-28(24)37-4/h11-14,16-22,35H,15H2,1-10H3/b12-11-,23-16+/t22-,35-/m0/s1. The van der Waals surface area contributed by atoms with Gasteiger partial charge < -0.3 is 42.6 Å². The molecule has 0 heterocycles. The van der Waals surface area contributed by atoms with Crippen molar-refractivity contribution in [2.45, 2.75) is 19.8 Å². The van der Waals surface area contributed by atoms with Crippen molar-refractivity contribution >= 4 is 6.08 Å². The van der Waals surface area contributed by atoms with Crippen LogP contribution in [-0.2, 0) is 0 Å². The molecule has 0 spiro atoms. The van der Waals surface area contributed by atoms with Crippen LogP contribution in [0.25, 0.3) is 6.08 Å². The summed E-state index contributed by atoms with van der Waals surface area (Å²) >= 11 is 0. The maximum atomic E-state index is 5.99. The molecule has 0 saturated heterocycles. The van der Waals surface area contributed by atoms with Gasteiger partial charge in [-0.1, -0.05) is 30.7 Å². The lowest BCUT2D eigenvalue weighted by Crippen LogP contribution is -2.12. The molecule has 0 bridgehead atoms. The van der Waals surface area contributed by atoms with E-state index in [1.54, 1.807) is 62.9 Å². The third kappa shape index (κ3) is 7.83. The van der Waals surface area contributed by atoms with Crippen LogP contribution in [0, 0.1) is 5.92 Å². The molecule has 44 heavy (non-hydrogen) atoms. The van der Waals surface area contributed by atoms with E-state index < -0.39 is 0 Å². The molecular weight excluding hydrogens is 564 g/mol. The predicted octanol–water partition coefficient (Wildman–Crippen LogP) is 7.21. The van der Waals surface area contributed by atoms with Crippen LogP contribution in [0.15, 0.2) is 60.2 Å². The second-order valence-corrected chi connectivity index (χ2v) is 9.88. The Hall–Kier alpha value is -4.66. The maximum Gasteiger partial charge on any atom is 0.164 e. The smallest absolute Gasteiger partial charge is 0.164 e. The zero-order valence-electron chi connectivity index (χ0n) is 27.3. The van der Waals surface area contributed by atoms with Crippen LogP contribution in [0.3, 0.4) is 0 Å². The molecule has 0 saturated carbocycles. The first kappa shape index (κ1) is 33.8. The molecule has 0 aliphatic carbocycles. The first-order valence-electron chi connectivity index (χ1n) is 14.1. The van der Waals surface area contributed by atoms with Gasteiger partial charge in [-0.05, 0) is 37.1 Å². The number of hydrogen-bond acceptors (Lipinski definition) is 9. The summed E-state index contributed by atoms with van der Waals surface area (Å²) in [6, 6.07) is 13.0. The number of hydrogen-bond donors (Lipinski definition) is 0. The molecule has 9 heteroatoms. The van der Waals surface area contributed by atoms with Crippen molar-refractivity contribution in [2.24, 2.45) is 5.92 Å². The summed E-state index contributed by atoms with van der Waals surface area (Å²) in [5, 5.41) is 0. The Kier molecular flexibility index (Phi) is 12.5. The van der Waals surface area contributed by atoms with Crippen LogP contribution < -0.4 is 42.6 Å². The number of rotatable bonds is 16. The third-order valence-electron chi connectivity index (χ3n) is 7.35. The van der Waals surface area contributed by atoms with E-state index in [-0.39, 0.29) is 11.8 Å². The van der Waals surface area contributed by atoms with Gasteiger partial charge in [0.2, 0.25) is 0 Å². The molecule has 3 aromatic rings. The van der Waals surface area contributed by atoms with Gasteiger partial charge >= 0.3 is 0 Å². The molecule has 9 nitrogen and oxygen atoms in total. The number of allylic oxidation sites excluding steroid dienone is 2. The van der Waals surface area contributed by atoms with Crippen molar-refractivity contribution in [3.8, 4) is 51.7 Å². The summed E-state index contributed by atoms with van der Waals surface area (Å²) in [7, 11) is 12.9. The van der Waals surface area contributed by atoms with Crippen LogP contribution in [0.5, 0.6) is 51.7 Å². The number of ether oxygens (including phenoxy) is 9. The van der Waals surface area contributed by atoms with Crippen molar-refractivity contribution in [3.63, 3.8) is 0 Å². The molecule has 3 aromatic carbocycles. The molecular formula is C35H44O9. The molecule has 0 unspecified atom stereocenters. The van der Waals surface area contributed by atoms with Gasteiger partial charge in [0.15, 0.2) is 34.5 Å². The van der Waals surface area contributed by atoms with E-state index in [1.807, 2.05) is 42.5 Å². The fourth-order valence-electron chi connectivity index (χ4n) is 5.17. The second-order valence-electron chi connectivity index (χ2n) is 9.88. The van der Waals surface area contributed by atoms with Crippen molar-refractivity contribution < 1.29 is 42.6 Å². The highest BCUT2D eigenvalue weighted by Gasteiger charge is 2.26. The minimum atomic E-state index is -0.125. The topological polar surface area (TPSA) is 83.1 Å². The molecule has 0 aliphatic rings. The van der Waals surface area contributed by atoms with Crippen molar-refractivity contribution in [3.05, 3.63) is 71.3 Å². The largest absolute Gasteiger partial charge is 0.496 e. The van der Waals surface area contributed by atoms with Gasteiger partial charge in [0, 0.05) is 35.2 Å². The Bertz CT molecular complexity index is 1440. The summed E-state index contributed by atoms with van der Waals surface area (Å²) in [4.78, 5) is 0. The summed E-state index contributed by atoms with van der Waals surface area (Å²) in [6.45, 7) is 4.60. The summed E-state index contributed by atoms with van der Waals surface area (Å²) < 4.78 is 50.6. The van der Waals surface area contributed by atoms with Crippen molar-refractivity contribution in [2.75, 3.05) is 63.5 Å². The van der Waals surface area contributed by atoms with Crippen LogP contribution in [0.4, 0.5) is 0 Å². The number of methoxy groups -OCH3 is 8. The summed E-state index contributed by atoms with van der Waals surface area (Å²) in [6.07, 6.45) is 6.22. The SMILES string of the molecule is COc1cc(OC)c(OC)cc1/C=C(\C)[C@@H](c1cc(OC)c(OC)cc1OC)[C@@H](C)/C=C\COc1ccc(OC)c(OC)c1. The molecule has 2 atom stereocenters. The third-order valence-corrected chi connectivity index (χ3v) is 7.35. The second kappa shape index (κ2) is 16.3. The van der Waals surface area contributed by atoms with Gasteiger partial charge in [-0.2, -0.15) is 0 Å². The van der Waals surface area contributed by atoms with Gasteiger partial charge in [0.05, 0.1) is 56.9 Å². The Morgan fingerprint density at radius 3 is 1.66 bits per heavy atom.